The van der Waals surface area contributed by atoms with Gasteiger partial charge in [-0.25, -0.2) is 4.79 Å². The summed E-state index contributed by atoms with van der Waals surface area (Å²) in [7, 11) is 6.37. The minimum absolute atomic E-state index is 0.292. The lowest BCUT2D eigenvalue weighted by atomic mass is 9.96. The smallest absolute Gasteiger partial charge is 0.355 e. The molecule has 1 heterocycles. The van der Waals surface area contributed by atoms with Gasteiger partial charge in [-0.15, -0.1) is 0 Å². The molecule has 0 aliphatic rings. The van der Waals surface area contributed by atoms with Gasteiger partial charge in [0, 0.05) is 30.5 Å². The van der Waals surface area contributed by atoms with Crippen molar-refractivity contribution in [2.75, 3.05) is 48.2 Å². The van der Waals surface area contributed by atoms with Crippen LogP contribution in [0, 0.1) is 0 Å². The van der Waals surface area contributed by atoms with E-state index in [4.69, 9.17) is 23.7 Å². The van der Waals surface area contributed by atoms with E-state index in [0.29, 0.717) is 49.1 Å². The molecule has 0 unspecified atom stereocenters. The molecular formula is C23H34N2O6. The average molecular weight is 435 g/mol. The topological polar surface area (TPSA) is 91.0 Å². The number of hydrogen-bond acceptors (Lipinski definition) is 7. The number of carbonyl (C=O) groups excluding carboxylic acids is 1. The molecule has 31 heavy (non-hydrogen) atoms. The van der Waals surface area contributed by atoms with Crippen LogP contribution in [-0.4, -0.2) is 59.2 Å². The molecule has 1 aromatic carbocycles. The van der Waals surface area contributed by atoms with Crippen LogP contribution in [0.4, 0.5) is 0 Å². The second kappa shape index (κ2) is 12.2. The summed E-state index contributed by atoms with van der Waals surface area (Å²) in [4.78, 5) is 16.0. The van der Waals surface area contributed by atoms with Crippen molar-refractivity contribution < 1.29 is 28.5 Å². The van der Waals surface area contributed by atoms with E-state index in [1.807, 2.05) is 12.1 Å². The molecule has 0 aliphatic heterocycles. The Hall–Kier alpha value is -2.71. The van der Waals surface area contributed by atoms with Gasteiger partial charge >= 0.3 is 5.97 Å². The van der Waals surface area contributed by atoms with E-state index in [-0.39, 0.29) is 0 Å². The maximum Gasteiger partial charge on any atom is 0.355 e. The summed E-state index contributed by atoms with van der Waals surface area (Å²) in [5.41, 5.74) is 3.79. The first kappa shape index (κ1) is 24.6. The normalized spacial score (nSPS) is 10.8. The Morgan fingerprint density at radius 1 is 1.03 bits per heavy atom. The molecule has 2 aromatic rings. The number of ether oxygens (including phenoxy) is 5. The molecule has 8 nitrogen and oxygen atoms in total. The van der Waals surface area contributed by atoms with Gasteiger partial charge in [-0.3, -0.25) is 0 Å². The molecule has 0 spiro atoms. The third-order valence-corrected chi connectivity index (χ3v) is 4.92. The molecule has 0 saturated heterocycles. The molecule has 0 bridgehead atoms. The summed E-state index contributed by atoms with van der Waals surface area (Å²) in [6.45, 7) is 6.05. The van der Waals surface area contributed by atoms with Crippen LogP contribution < -0.4 is 19.5 Å². The Kier molecular flexibility index (Phi) is 9.68. The van der Waals surface area contributed by atoms with Crippen molar-refractivity contribution in [3.63, 3.8) is 0 Å². The summed E-state index contributed by atoms with van der Waals surface area (Å²) in [6.07, 6.45) is 1.53. The fourth-order valence-electron chi connectivity index (χ4n) is 3.57. The highest BCUT2D eigenvalue weighted by atomic mass is 16.5. The Balaban J connectivity index is 2.76. The van der Waals surface area contributed by atoms with Crippen LogP contribution in [-0.2, 0) is 22.4 Å². The molecule has 0 saturated carbocycles. The van der Waals surface area contributed by atoms with Crippen molar-refractivity contribution in [3.8, 4) is 28.4 Å². The van der Waals surface area contributed by atoms with Crippen molar-refractivity contribution >= 4 is 5.97 Å². The fourth-order valence-corrected chi connectivity index (χ4v) is 3.57. The van der Waals surface area contributed by atoms with E-state index in [0.717, 1.165) is 35.3 Å². The maximum absolute atomic E-state index is 12.7. The van der Waals surface area contributed by atoms with Crippen LogP contribution >= 0.6 is 0 Å². The first-order valence-corrected chi connectivity index (χ1v) is 10.5. The zero-order valence-corrected chi connectivity index (χ0v) is 19.3. The van der Waals surface area contributed by atoms with Crippen molar-refractivity contribution in [1.82, 2.24) is 10.3 Å². The lowest BCUT2D eigenvalue weighted by Crippen LogP contribution is -2.15. The van der Waals surface area contributed by atoms with E-state index in [1.54, 1.807) is 35.4 Å². The Morgan fingerprint density at radius 3 is 2.35 bits per heavy atom. The van der Waals surface area contributed by atoms with Gasteiger partial charge in [0.15, 0.2) is 11.5 Å². The lowest BCUT2D eigenvalue weighted by molar-refractivity contribution is 0.0518. The van der Waals surface area contributed by atoms with Crippen LogP contribution in [0.3, 0.4) is 0 Å². The Bertz CT molecular complexity index is 862. The second-order valence-electron chi connectivity index (χ2n) is 6.85. The van der Waals surface area contributed by atoms with Gasteiger partial charge in [-0.2, -0.15) is 0 Å². The van der Waals surface area contributed by atoms with Crippen LogP contribution in [0.2, 0.25) is 0 Å². The highest BCUT2D eigenvalue weighted by Gasteiger charge is 2.27. The van der Waals surface area contributed by atoms with E-state index in [2.05, 4.69) is 17.2 Å². The van der Waals surface area contributed by atoms with Gasteiger partial charge in [0.25, 0.3) is 0 Å². The highest BCUT2D eigenvalue weighted by Crippen LogP contribution is 2.46. The van der Waals surface area contributed by atoms with Crippen molar-refractivity contribution in [2.24, 2.45) is 0 Å². The minimum atomic E-state index is -0.393. The molecule has 0 fully saturated rings. The predicted molar refractivity (Wildman–Crippen MR) is 119 cm³/mol. The standard InChI is InChI=1S/C23H34N2O6/c1-7-12-24-14-17-19(15(11-13-27-3)20(25-17)23(26)31-8-2)16-9-10-18(28-4)22(30-6)21(16)29-5/h9-10,24-25H,7-8,11-14H2,1-6H3. The number of aromatic nitrogens is 1. The van der Waals surface area contributed by atoms with E-state index >= 15 is 0 Å². The maximum atomic E-state index is 12.7. The number of methoxy groups -OCH3 is 4. The largest absolute Gasteiger partial charge is 0.493 e. The number of carbonyl (C=O) groups is 1. The molecule has 0 radical (unpaired) electrons. The van der Waals surface area contributed by atoms with E-state index in [1.165, 1.54) is 0 Å². The van der Waals surface area contributed by atoms with Gasteiger partial charge in [-0.1, -0.05) is 6.92 Å². The van der Waals surface area contributed by atoms with Crippen molar-refractivity contribution in [2.45, 2.75) is 33.2 Å². The van der Waals surface area contributed by atoms with Crippen molar-refractivity contribution in [1.29, 1.82) is 0 Å². The summed E-state index contributed by atoms with van der Waals surface area (Å²) >= 11 is 0. The molecule has 0 aliphatic carbocycles. The zero-order chi connectivity index (χ0) is 22.8. The van der Waals surface area contributed by atoms with Crippen LogP contribution in [0.5, 0.6) is 17.2 Å². The highest BCUT2D eigenvalue weighted by molar-refractivity contribution is 5.94. The first-order chi connectivity index (χ1) is 15.1. The second-order valence-corrected chi connectivity index (χ2v) is 6.85. The third kappa shape index (κ3) is 5.51. The monoisotopic (exact) mass is 434 g/mol. The summed E-state index contributed by atoms with van der Waals surface area (Å²) in [5, 5.41) is 3.41. The number of esters is 1. The number of nitrogens with one attached hydrogen (secondary N) is 2. The molecule has 1 aromatic heterocycles. The Labute approximate surface area is 184 Å². The van der Waals surface area contributed by atoms with Crippen molar-refractivity contribution in [3.05, 3.63) is 29.1 Å². The number of hydrogen-bond donors (Lipinski definition) is 2. The number of benzene rings is 1. The summed E-state index contributed by atoms with van der Waals surface area (Å²) < 4.78 is 27.4. The molecule has 0 amide bonds. The molecule has 0 atom stereocenters. The van der Waals surface area contributed by atoms with Gasteiger partial charge in [0.1, 0.15) is 5.69 Å². The predicted octanol–water partition coefficient (Wildman–Crippen LogP) is 3.57. The summed E-state index contributed by atoms with van der Waals surface area (Å²) in [6, 6.07) is 3.75. The Morgan fingerprint density at radius 2 is 1.77 bits per heavy atom. The van der Waals surface area contributed by atoms with Gasteiger partial charge in [0.05, 0.1) is 34.5 Å². The lowest BCUT2D eigenvalue weighted by Gasteiger charge is -2.17. The number of aromatic amines is 1. The van der Waals surface area contributed by atoms with E-state index in [9.17, 15) is 4.79 Å². The van der Waals surface area contributed by atoms with E-state index < -0.39 is 5.97 Å². The SMILES string of the molecule is CCCNCc1[nH]c(C(=O)OCC)c(CCOC)c1-c1ccc(OC)c(OC)c1OC. The zero-order valence-electron chi connectivity index (χ0n) is 19.3. The quantitative estimate of drug-likeness (QED) is 0.368. The third-order valence-electron chi connectivity index (χ3n) is 4.92. The number of H-pyrrole nitrogens is 1. The van der Waals surface area contributed by atoms with Crippen LogP contribution in [0.1, 0.15) is 42.0 Å². The van der Waals surface area contributed by atoms with Crippen LogP contribution in [0.25, 0.3) is 11.1 Å². The minimum Gasteiger partial charge on any atom is -0.493 e. The van der Waals surface area contributed by atoms with Gasteiger partial charge in [0.2, 0.25) is 5.75 Å². The first-order valence-electron chi connectivity index (χ1n) is 10.5. The molecule has 2 N–H and O–H groups in total. The van der Waals surface area contributed by atoms with Crippen LogP contribution in [0.15, 0.2) is 12.1 Å². The fraction of sp³-hybridized carbons (Fsp3) is 0.522. The summed E-state index contributed by atoms with van der Waals surface area (Å²) in [5.74, 6) is 1.20. The molecule has 2 rings (SSSR count). The molecule has 8 heteroatoms. The van der Waals surface area contributed by atoms with Gasteiger partial charge < -0.3 is 34.0 Å². The number of rotatable bonds is 13. The molecular weight excluding hydrogens is 400 g/mol. The average Bonchev–Trinajstić information content (AvgIpc) is 3.14. The molecule has 172 valence electrons. The van der Waals surface area contributed by atoms with Gasteiger partial charge in [-0.05, 0) is 44.0 Å².